The number of carbonyl (C=O) groups is 2. The van der Waals surface area contributed by atoms with Crippen LogP contribution in [0.2, 0.25) is 0 Å². The van der Waals surface area contributed by atoms with Crippen LogP contribution in [-0.2, 0) is 0 Å². The molecule has 2 aliphatic rings. The van der Waals surface area contributed by atoms with Gasteiger partial charge in [-0.25, -0.2) is 13.2 Å². The van der Waals surface area contributed by atoms with E-state index >= 15 is 0 Å². The van der Waals surface area contributed by atoms with Gasteiger partial charge in [-0.1, -0.05) is 12.1 Å². The normalized spacial score (nSPS) is 16.3. The molecule has 0 aromatic heterocycles. The number of guanidine groups is 1. The second kappa shape index (κ2) is 10.6. The fourth-order valence-corrected chi connectivity index (χ4v) is 3.66. The molecular weight excluding hydrogens is 447 g/mol. The van der Waals surface area contributed by atoms with Crippen molar-refractivity contribution < 1.29 is 22.8 Å². The largest absolute Gasteiger partial charge is 0.356 e. The standard InChI is InChI=1S/C24H26F3N5O2/c25-18(21(26)27)13-30-23(34)16-4-1-2-5-19(16)31-20-9-8-15(12-17(20)14-6-7-14)22(33)32-24-28-10-3-11-29-24/h1-2,4-5,8-9,12,14,18,21,31H,3,6-7,10-11,13H2,(H,30,34)(H2,28,29,32,33). The first kappa shape index (κ1) is 23.6. The van der Waals surface area contributed by atoms with E-state index in [1.165, 1.54) is 6.07 Å². The van der Waals surface area contributed by atoms with E-state index in [1.54, 1.807) is 30.3 Å². The molecule has 0 saturated heterocycles. The second-order valence-electron chi connectivity index (χ2n) is 8.27. The van der Waals surface area contributed by atoms with Crippen LogP contribution >= 0.6 is 0 Å². The van der Waals surface area contributed by atoms with E-state index in [1.807, 2.05) is 6.07 Å². The minimum atomic E-state index is -3.16. The van der Waals surface area contributed by atoms with E-state index in [2.05, 4.69) is 26.3 Å². The van der Waals surface area contributed by atoms with Gasteiger partial charge in [-0.05, 0) is 61.1 Å². The van der Waals surface area contributed by atoms with Gasteiger partial charge in [0.2, 0.25) is 0 Å². The zero-order valence-electron chi connectivity index (χ0n) is 18.4. The van der Waals surface area contributed by atoms with Crippen molar-refractivity contribution in [3.63, 3.8) is 0 Å². The number of hydrogen-bond donors (Lipinski definition) is 4. The summed E-state index contributed by atoms with van der Waals surface area (Å²) in [5, 5.41) is 11.3. The molecule has 1 aliphatic heterocycles. The molecule has 2 aromatic carbocycles. The molecule has 0 bridgehead atoms. The number of carbonyl (C=O) groups excluding carboxylic acids is 2. The maximum Gasteiger partial charge on any atom is 0.271 e. The first-order valence-corrected chi connectivity index (χ1v) is 11.2. The van der Waals surface area contributed by atoms with Gasteiger partial charge in [0.05, 0.1) is 17.8 Å². The molecule has 1 unspecified atom stereocenters. The van der Waals surface area contributed by atoms with E-state index in [4.69, 9.17) is 0 Å². The molecule has 34 heavy (non-hydrogen) atoms. The Morgan fingerprint density at radius 1 is 1.06 bits per heavy atom. The molecule has 4 N–H and O–H groups in total. The Kier molecular flexibility index (Phi) is 7.34. The molecule has 2 amide bonds. The monoisotopic (exact) mass is 473 g/mol. The smallest absolute Gasteiger partial charge is 0.271 e. The van der Waals surface area contributed by atoms with Gasteiger partial charge in [-0.2, -0.15) is 0 Å². The van der Waals surface area contributed by atoms with Crippen LogP contribution in [-0.4, -0.2) is 50.0 Å². The summed E-state index contributed by atoms with van der Waals surface area (Å²) < 4.78 is 38.1. The third-order valence-electron chi connectivity index (χ3n) is 5.63. The van der Waals surface area contributed by atoms with Crippen LogP contribution in [0.25, 0.3) is 0 Å². The number of hydrogen-bond acceptors (Lipinski definition) is 5. The summed E-state index contributed by atoms with van der Waals surface area (Å²) in [5.41, 5.74) is 2.84. The van der Waals surface area contributed by atoms with E-state index in [9.17, 15) is 22.8 Å². The van der Waals surface area contributed by atoms with E-state index in [-0.39, 0.29) is 11.5 Å². The molecule has 0 spiro atoms. The summed E-state index contributed by atoms with van der Waals surface area (Å²) in [6.07, 6.45) is -2.69. The van der Waals surface area contributed by atoms with Crippen molar-refractivity contribution >= 4 is 29.1 Å². The van der Waals surface area contributed by atoms with Gasteiger partial charge in [0.25, 0.3) is 18.2 Å². The van der Waals surface area contributed by atoms with Crippen molar-refractivity contribution in [3.8, 4) is 0 Å². The number of nitrogens with one attached hydrogen (secondary N) is 4. The van der Waals surface area contributed by atoms with Crippen molar-refractivity contribution in [2.75, 3.05) is 25.0 Å². The summed E-state index contributed by atoms with van der Waals surface area (Å²) in [5.74, 6) is -0.161. The second-order valence-corrected chi connectivity index (χ2v) is 8.27. The fourth-order valence-electron chi connectivity index (χ4n) is 3.66. The molecule has 1 atom stereocenters. The van der Waals surface area contributed by atoms with Crippen molar-refractivity contribution in [1.82, 2.24) is 16.0 Å². The topological polar surface area (TPSA) is 94.6 Å². The van der Waals surface area contributed by atoms with Crippen LogP contribution in [0.5, 0.6) is 0 Å². The Bertz CT molecular complexity index is 1090. The molecule has 0 radical (unpaired) electrons. The Morgan fingerprint density at radius 2 is 1.85 bits per heavy atom. The van der Waals surface area contributed by atoms with Crippen LogP contribution in [0.15, 0.2) is 47.5 Å². The molecule has 10 heteroatoms. The zero-order valence-corrected chi connectivity index (χ0v) is 18.4. The summed E-state index contributed by atoms with van der Waals surface area (Å²) in [7, 11) is 0. The number of alkyl halides is 3. The van der Waals surface area contributed by atoms with E-state index in [0.29, 0.717) is 29.7 Å². The predicted molar refractivity (Wildman–Crippen MR) is 124 cm³/mol. The molecule has 1 fully saturated rings. The average molecular weight is 473 g/mol. The maximum absolute atomic E-state index is 13.2. The Labute approximate surface area is 195 Å². The molecule has 2 aromatic rings. The van der Waals surface area contributed by atoms with Gasteiger partial charge in [0.15, 0.2) is 12.1 Å². The van der Waals surface area contributed by atoms with Crippen molar-refractivity contribution in [2.45, 2.75) is 37.8 Å². The summed E-state index contributed by atoms with van der Waals surface area (Å²) in [6, 6.07) is 11.9. The third kappa shape index (κ3) is 5.86. The van der Waals surface area contributed by atoms with Crippen LogP contribution in [0.3, 0.4) is 0 Å². The highest BCUT2D eigenvalue weighted by Gasteiger charge is 2.28. The SMILES string of the molecule is O=C(NC1=NCCCN1)c1ccc(Nc2ccccc2C(=O)NCC(F)C(F)F)c(C2CC2)c1. The average Bonchev–Trinajstić information content (AvgIpc) is 3.69. The van der Waals surface area contributed by atoms with Crippen LogP contribution in [0, 0.1) is 0 Å². The lowest BCUT2D eigenvalue weighted by Gasteiger charge is -2.18. The molecule has 7 nitrogen and oxygen atoms in total. The van der Waals surface area contributed by atoms with Crippen molar-refractivity contribution in [3.05, 3.63) is 59.2 Å². The quantitative estimate of drug-likeness (QED) is 0.470. The van der Waals surface area contributed by atoms with Gasteiger partial charge in [-0.3, -0.25) is 19.9 Å². The number of aliphatic imine (C=N–C) groups is 1. The highest BCUT2D eigenvalue weighted by atomic mass is 19.3. The Morgan fingerprint density at radius 3 is 2.56 bits per heavy atom. The highest BCUT2D eigenvalue weighted by Crippen LogP contribution is 2.44. The first-order valence-electron chi connectivity index (χ1n) is 11.2. The molecule has 1 heterocycles. The molecule has 1 saturated carbocycles. The van der Waals surface area contributed by atoms with E-state index < -0.39 is 25.0 Å². The third-order valence-corrected chi connectivity index (χ3v) is 5.63. The lowest BCUT2D eigenvalue weighted by Crippen LogP contribution is -2.43. The highest BCUT2D eigenvalue weighted by molar-refractivity contribution is 6.06. The minimum Gasteiger partial charge on any atom is -0.356 e. The lowest BCUT2D eigenvalue weighted by molar-refractivity contribution is 0.0488. The summed E-state index contributed by atoms with van der Waals surface area (Å²) in [4.78, 5) is 29.5. The zero-order chi connectivity index (χ0) is 24.1. The van der Waals surface area contributed by atoms with Crippen LogP contribution in [0.1, 0.15) is 51.5 Å². The Balaban J connectivity index is 1.51. The molecule has 1 aliphatic carbocycles. The van der Waals surface area contributed by atoms with Gasteiger partial charge in [-0.15, -0.1) is 0 Å². The number of halogens is 3. The van der Waals surface area contributed by atoms with Gasteiger partial charge in [0.1, 0.15) is 0 Å². The number of benzene rings is 2. The number of rotatable bonds is 8. The number of nitrogens with zero attached hydrogens (tertiary/aromatic N) is 1. The van der Waals surface area contributed by atoms with E-state index in [0.717, 1.165) is 37.1 Å². The first-order chi connectivity index (χ1) is 16.4. The number of para-hydroxylation sites is 1. The fraction of sp³-hybridized carbons (Fsp3) is 0.375. The van der Waals surface area contributed by atoms with Crippen molar-refractivity contribution in [2.24, 2.45) is 4.99 Å². The molecular formula is C24H26F3N5O2. The summed E-state index contributed by atoms with van der Waals surface area (Å²) in [6.45, 7) is 0.651. The summed E-state index contributed by atoms with van der Waals surface area (Å²) >= 11 is 0. The van der Waals surface area contributed by atoms with Crippen molar-refractivity contribution in [1.29, 1.82) is 0 Å². The lowest BCUT2D eigenvalue weighted by atomic mass is 10.0. The van der Waals surface area contributed by atoms with Gasteiger partial charge >= 0.3 is 0 Å². The van der Waals surface area contributed by atoms with Crippen LogP contribution < -0.4 is 21.3 Å². The number of anilines is 2. The van der Waals surface area contributed by atoms with Gasteiger partial charge in [0, 0.05) is 24.3 Å². The number of amides is 2. The van der Waals surface area contributed by atoms with Gasteiger partial charge < -0.3 is 16.0 Å². The molecule has 180 valence electrons. The predicted octanol–water partition coefficient (Wildman–Crippen LogP) is 3.72. The molecule has 4 rings (SSSR count). The minimum absolute atomic E-state index is 0.203. The Hall–Kier alpha value is -3.56. The maximum atomic E-state index is 13.2. The van der Waals surface area contributed by atoms with Crippen LogP contribution in [0.4, 0.5) is 24.5 Å².